The Morgan fingerprint density at radius 3 is 2.35 bits per heavy atom. The first kappa shape index (κ1) is 31.6. The van der Waals surface area contributed by atoms with Crippen LogP contribution in [0.1, 0.15) is 87.1 Å². The second-order valence-electron chi connectivity index (χ2n) is 9.73. The molecule has 218 valence electrons. The average molecular weight is 625 g/mol. The summed E-state index contributed by atoms with van der Waals surface area (Å²) in [5, 5.41) is 14.3. The molecule has 0 bridgehead atoms. The molecule has 0 aliphatic heterocycles. The number of amides is 1. The minimum atomic E-state index is -4.50. The molecule has 0 aliphatic rings. The Bertz CT molecular complexity index is 1190. The Labute approximate surface area is 242 Å². The van der Waals surface area contributed by atoms with E-state index in [-0.39, 0.29) is 24.6 Å². The maximum Gasteiger partial charge on any atom is 0.416 e. The maximum absolute atomic E-state index is 13.4. The van der Waals surface area contributed by atoms with Crippen LogP contribution in [0.2, 0.25) is 0 Å². The van der Waals surface area contributed by atoms with Gasteiger partial charge >= 0.3 is 6.18 Å². The van der Waals surface area contributed by atoms with E-state index in [1.807, 2.05) is 0 Å². The van der Waals surface area contributed by atoms with Crippen molar-refractivity contribution in [1.29, 1.82) is 0 Å². The Morgan fingerprint density at radius 1 is 1.00 bits per heavy atom. The quantitative estimate of drug-likeness (QED) is 0.155. The summed E-state index contributed by atoms with van der Waals surface area (Å²) in [5.41, 5.74) is 0.205. The zero-order chi connectivity index (χ0) is 28.8. The van der Waals surface area contributed by atoms with Crippen molar-refractivity contribution >= 4 is 21.8 Å². The molecular weight excluding hydrogens is 587 g/mol. The smallest absolute Gasteiger partial charge is 0.416 e. The standard InChI is InChI=1S/C29H37BrF3N5O2/c1-2-3-4-5-6-7-8-9-10-11-15-34-28(39)23-19-25(22-13-12-14-24(18-22)29(31,32)33)27(26(30)20-23)40-17-16-38-36-21-35-37-38/h12-14,18-21H,2-11,15-17H2,1H3,(H,34,39). The van der Waals surface area contributed by atoms with E-state index in [4.69, 9.17) is 4.74 Å². The van der Waals surface area contributed by atoms with Crippen LogP contribution in [-0.4, -0.2) is 39.3 Å². The summed E-state index contributed by atoms with van der Waals surface area (Å²) in [7, 11) is 0. The summed E-state index contributed by atoms with van der Waals surface area (Å²) >= 11 is 3.46. The van der Waals surface area contributed by atoms with Crippen LogP contribution in [0.25, 0.3) is 11.1 Å². The predicted molar refractivity (Wildman–Crippen MR) is 152 cm³/mol. The molecule has 1 N–H and O–H groups in total. The van der Waals surface area contributed by atoms with Crippen molar-refractivity contribution in [1.82, 2.24) is 25.5 Å². The van der Waals surface area contributed by atoms with Crippen LogP contribution >= 0.6 is 15.9 Å². The maximum atomic E-state index is 13.4. The second kappa shape index (κ2) is 16.3. The van der Waals surface area contributed by atoms with Crippen LogP contribution in [0, 0.1) is 0 Å². The molecule has 11 heteroatoms. The lowest BCUT2D eigenvalue weighted by atomic mass is 9.99. The van der Waals surface area contributed by atoms with Gasteiger partial charge in [-0.1, -0.05) is 76.8 Å². The Kier molecular flexibility index (Phi) is 12.9. The number of unbranched alkanes of at least 4 members (excludes halogenated alkanes) is 9. The summed E-state index contributed by atoms with van der Waals surface area (Å²) in [5.74, 6) is 0.0360. The summed E-state index contributed by atoms with van der Waals surface area (Å²) in [6.07, 6.45) is 8.82. The highest BCUT2D eigenvalue weighted by Crippen LogP contribution is 2.40. The van der Waals surface area contributed by atoms with Gasteiger partial charge < -0.3 is 10.1 Å². The first-order valence-electron chi connectivity index (χ1n) is 13.9. The summed E-state index contributed by atoms with van der Waals surface area (Å²) in [4.78, 5) is 14.3. The second-order valence-corrected chi connectivity index (χ2v) is 10.6. The number of nitrogens with zero attached hydrogens (tertiary/aromatic N) is 4. The molecule has 40 heavy (non-hydrogen) atoms. The van der Waals surface area contributed by atoms with Gasteiger partial charge in [0, 0.05) is 17.7 Å². The van der Waals surface area contributed by atoms with Gasteiger partial charge in [0.15, 0.2) is 6.33 Å². The minimum absolute atomic E-state index is 0.144. The highest BCUT2D eigenvalue weighted by atomic mass is 79.9. The van der Waals surface area contributed by atoms with Gasteiger partial charge in [0.1, 0.15) is 12.4 Å². The van der Waals surface area contributed by atoms with Crippen LogP contribution in [0.3, 0.4) is 0 Å². The van der Waals surface area contributed by atoms with Crippen molar-refractivity contribution in [2.24, 2.45) is 0 Å². The lowest BCUT2D eigenvalue weighted by Gasteiger charge is -2.17. The van der Waals surface area contributed by atoms with E-state index >= 15 is 0 Å². The number of nitrogens with one attached hydrogen (secondary N) is 1. The molecule has 1 heterocycles. The highest BCUT2D eigenvalue weighted by molar-refractivity contribution is 9.10. The van der Waals surface area contributed by atoms with Crippen LogP contribution in [-0.2, 0) is 12.7 Å². The third kappa shape index (κ3) is 10.2. The molecule has 2 aromatic carbocycles. The number of tetrazole rings is 1. The monoisotopic (exact) mass is 623 g/mol. The molecule has 0 atom stereocenters. The molecule has 0 spiro atoms. The molecule has 0 saturated heterocycles. The van der Waals surface area contributed by atoms with Crippen molar-refractivity contribution < 1.29 is 22.7 Å². The number of carbonyl (C=O) groups is 1. The van der Waals surface area contributed by atoms with Gasteiger partial charge in [-0.05, 0) is 57.4 Å². The fraction of sp³-hybridized carbons (Fsp3) is 0.517. The molecular formula is C29H37BrF3N5O2. The van der Waals surface area contributed by atoms with E-state index in [2.05, 4.69) is 43.6 Å². The molecule has 0 saturated carbocycles. The summed E-state index contributed by atoms with van der Waals surface area (Å²) < 4.78 is 46.7. The number of hydrogen-bond donors (Lipinski definition) is 1. The SMILES string of the molecule is CCCCCCCCCCCCNC(=O)c1cc(Br)c(OCCn2ncnn2)c(-c2cccc(C(F)(F)F)c2)c1. The van der Waals surface area contributed by atoms with Gasteiger partial charge in [-0.2, -0.15) is 18.0 Å². The molecule has 0 aliphatic carbocycles. The summed E-state index contributed by atoms with van der Waals surface area (Å²) in [6, 6.07) is 8.16. The Balaban J connectivity index is 1.63. The largest absolute Gasteiger partial charge is 0.490 e. The van der Waals surface area contributed by atoms with E-state index < -0.39 is 11.7 Å². The van der Waals surface area contributed by atoms with Crippen LogP contribution in [0.5, 0.6) is 5.75 Å². The van der Waals surface area contributed by atoms with Crippen molar-refractivity contribution in [2.45, 2.75) is 83.9 Å². The zero-order valence-electron chi connectivity index (χ0n) is 22.9. The first-order valence-corrected chi connectivity index (χ1v) is 14.7. The van der Waals surface area contributed by atoms with Gasteiger partial charge in [0.25, 0.3) is 5.91 Å². The van der Waals surface area contributed by atoms with E-state index in [9.17, 15) is 18.0 Å². The van der Waals surface area contributed by atoms with E-state index in [1.165, 1.54) is 62.1 Å². The van der Waals surface area contributed by atoms with Gasteiger partial charge in [-0.3, -0.25) is 4.79 Å². The third-order valence-electron chi connectivity index (χ3n) is 6.55. The fourth-order valence-corrected chi connectivity index (χ4v) is 4.96. The number of benzene rings is 2. The molecule has 3 aromatic rings. The van der Waals surface area contributed by atoms with Gasteiger partial charge in [0.05, 0.1) is 16.6 Å². The highest BCUT2D eigenvalue weighted by Gasteiger charge is 2.31. The van der Waals surface area contributed by atoms with Crippen molar-refractivity contribution in [2.75, 3.05) is 13.2 Å². The van der Waals surface area contributed by atoms with Crippen molar-refractivity contribution in [3.05, 3.63) is 58.3 Å². The number of ether oxygens (including phenoxy) is 1. The van der Waals surface area contributed by atoms with E-state index in [1.54, 1.807) is 18.2 Å². The molecule has 7 nitrogen and oxygen atoms in total. The van der Waals surface area contributed by atoms with E-state index in [0.29, 0.717) is 27.9 Å². The molecule has 3 rings (SSSR count). The first-order chi connectivity index (χ1) is 19.3. The molecule has 0 fully saturated rings. The topological polar surface area (TPSA) is 81.9 Å². The molecule has 1 aromatic heterocycles. The summed E-state index contributed by atoms with van der Waals surface area (Å²) in [6.45, 7) is 3.19. The molecule has 1 amide bonds. The van der Waals surface area contributed by atoms with Crippen molar-refractivity contribution in [3.8, 4) is 16.9 Å². The zero-order valence-corrected chi connectivity index (χ0v) is 24.4. The van der Waals surface area contributed by atoms with Gasteiger partial charge in [-0.15, -0.1) is 10.2 Å². The van der Waals surface area contributed by atoms with Crippen molar-refractivity contribution in [3.63, 3.8) is 0 Å². The fourth-order valence-electron chi connectivity index (χ4n) is 4.39. The lowest BCUT2D eigenvalue weighted by Crippen LogP contribution is -2.24. The Morgan fingerprint density at radius 2 is 1.70 bits per heavy atom. The van der Waals surface area contributed by atoms with Gasteiger partial charge in [-0.25, -0.2) is 0 Å². The molecule has 0 unspecified atom stereocenters. The van der Waals surface area contributed by atoms with Crippen LogP contribution in [0.4, 0.5) is 13.2 Å². The number of hydrogen-bond acceptors (Lipinski definition) is 5. The predicted octanol–water partition coefficient (Wildman–Crippen LogP) is 7.85. The number of aromatic nitrogens is 4. The lowest BCUT2D eigenvalue weighted by molar-refractivity contribution is -0.137. The number of halogens is 4. The minimum Gasteiger partial charge on any atom is -0.490 e. The Hall–Kier alpha value is -2.95. The van der Waals surface area contributed by atoms with E-state index in [0.717, 1.165) is 31.4 Å². The number of alkyl halides is 3. The molecule has 0 radical (unpaired) electrons. The normalized spacial score (nSPS) is 11.5. The van der Waals surface area contributed by atoms with Gasteiger partial charge in [0.2, 0.25) is 0 Å². The third-order valence-corrected chi connectivity index (χ3v) is 7.14. The van der Waals surface area contributed by atoms with Crippen LogP contribution < -0.4 is 10.1 Å². The number of rotatable bonds is 17. The average Bonchev–Trinajstić information content (AvgIpc) is 3.45. The van der Waals surface area contributed by atoms with Crippen LogP contribution in [0.15, 0.2) is 47.2 Å². The number of carbonyl (C=O) groups excluding carboxylic acids is 1.